The lowest BCUT2D eigenvalue weighted by molar-refractivity contribution is -0.207. The summed E-state index contributed by atoms with van der Waals surface area (Å²) >= 11 is 0. The Morgan fingerprint density at radius 1 is 1.29 bits per heavy atom. The number of Topliss-reactive ketones (excluding diaryl/α,β-unsaturated/α-hetero) is 1. The molecule has 1 aliphatic heterocycles. The summed E-state index contributed by atoms with van der Waals surface area (Å²) in [5, 5.41) is 11.6. The van der Waals surface area contributed by atoms with Gasteiger partial charge in [-0.05, 0) is 72.5 Å². The van der Waals surface area contributed by atoms with Gasteiger partial charge in [0.1, 0.15) is 17.6 Å². The number of esters is 1. The van der Waals surface area contributed by atoms with Crippen molar-refractivity contribution in [3.05, 3.63) is 35.9 Å². The van der Waals surface area contributed by atoms with E-state index in [9.17, 15) is 14.7 Å². The Bertz CT molecular complexity index is 1120. The zero-order valence-electron chi connectivity index (χ0n) is 23.3. The SMILES string of the molecule is C=C[C@]1(C)C[C@@H](OC(=O)COc2ccc3c(c2C)[B]OC3)[C@]2(C)[C@H](C)CC[C@]3(CCC(=O)[C@H]32)[C@@H](C)[C@@H]1O.O. The van der Waals surface area contributed by atoms with Gasteiger partial charge in [0.25, 0.3) is 0 Å². The molecule has 8 atom stereocenters. The maximum atomic E-state index is 13.5. The predicted octanol–water partition coefficient (Wildman–Crippen LogP) is 3.23. The van der Waals surface area contributed by atoms with Crippen molar-refractivity contribution in [2.24, 2.45) is 34.0 Å². The lowest BCUT2D eigenvalue weighted by Crippen LogP contribution is -2.63. The summed E-state index contributed by atoms with van der Waals surface area (Å²) in [6, 6.07) is 3.82. The minimum atomic E-state index is -0.679. The van der Waals surface area contributed by atoms with Gasteiger partial charge in [0, 0.05) is 23.2 Å². The first-order valence-electron chi connectivity index (χ1n) is 13.7. The standard InChI is InChI=1S/C30H40BO6.H2O/c1-7-28(5)14-23(37-24(33)16-35-22-9-8-20-15-36-31-25(20)18(22)3)29(6)17(2)10-12-30(19(4)27(28)34)13-11-21(32)26(29)30;/h7-9,17,19,23,26-27,34H,1,10-16H2,2-6H3;1H2/t17-,19+,23-,26+,27+,28-,29+,30+;/m1./s1. The Morgan fingerprint density at radius 3 is 2.74 bits per heavy atom. The van der Waals surface area contributed by atoms with Crippen LogP contribution >= 0.6 is 0 Å². The van der Waals surface area contributed by atoms with E-state index < -0.39 is 29.0 Å². The third kappa shape index (κ3) is 4.15. The van der Waals surface area contributed by atoms with Crippen LogP contribution in [0.5, 0.6) is 5.75 Å². The molecule has 8 heteroatoms. The minimum absolute atomic E-state index is 0. The van der Waals surface area contributed by atoms with Crippen molar-refractivity contribution in [2.45, 2.75) is 85.5 Å². The number of hydrogen-bond acceptors (Lipinski definition) is 6. The number of fused-ring (bicyclic) bond motifs is 1. The van der Waals surface area contributed by atoms with Crippen molar-refractivity contribution in [2.75, 3.05) is 6.61 Å². The molecule has 0 unspecified atom stereocenters. The van der Waals surface area contributed by atoms with Gasteiger partial charge in [-0.3, -0.25) is 4.79 Å². The highest BCUT2D eigenvalue weighted by molar-refractivity contribution is 6.49. The number of aliphatic hydroxyl groups excluding tert-OH is 1. The summed E-state index contributed by atoms with van der Waals surface area (Å²) < 4.78 is 17.6. The number of hydrogen-bond donors (Lipinski definition) is 1. The maximum Gasteiger partial charge on any atom is 0.344 e. The third-order valence-corrected chi connectivity index (χ3v) is 10.9. The molecule has 0 aromatic heterocycles. The molecule has 3 fully saturated rings. The van der Waals surface area contributed by atoms with E-state index in [-0.39, 0.29) is 41.0 Å². The molecule has 5 rings (SSSR count). The molecule has 0 amide bonds. The first-order valence-corrected chi connectivity index (χ1v) is 13.7. The van der Waals surface area contributed by atoms with Crippen LogP contribution in [0.15, 0.2) is 24.8 Å². The van der Waals surface area contributed by atoms with E-state index in [1.165, 1.54) is 0 Å². The fourth-order valence-corrected chi connectivity index (χ4v) is 8.26. The Balaban J connectivity index is 0.00000336. The normalized spacial score (nSPS) is 39.5. The molecule has 1 aromatic rings. The molecule has 1 heterocycles. The van der Waals surface area contributed by atoms with Crippen LogP contribution in [-0.2, 0) is 25.6 Å². The first-order chi connectivity index (χ1) is 17.5. The Hall–Kier alpha value is -2.16. The fourth-order valence-electron chi connectivity index (χ4n) is 8.26. The molecule has 1 radical (unpaired) electrons. The molecule has 0 saturated heterocycles. The molecule has 7 nitrogen and oxygen atoms in total. The van der Waals surface area contributed by atoms with Crippen molar-refractivity contribution in [3.63, 3.8) is 0 Å². The highest BCUT2D eigenvalue weighted by Crippen LogP contribution is 2.68. The molecule has 0 spiro atoms. The van der Waals surface area contributed by atoms with Gasteiger partial charge < -0.3 is 24.7 Å². The van der Waals surface area contributed by atoms with Gasteiger partial charge in [-0.25, -0.2) is 4.79 Å². The summed E-state index contributed by atoms with van der Waals surface area (Å²) in [6.45, 7) is 14.8. The molecule has 3 aliphatic carbocycles. The van der Waals surface area contributed by atoms with Crippen LogP contribution in [-0.4, -0.2) is 48.6 Å². The van der Waals surface area contributed by atoms with Crippen LogP contribution in [0.2, 0.25) is 0 Å². The van der Waals surface area contributed by atoms with Gasteiger partial charge in [-0.2, -0.15) is 0 Å². The lowest BCUT2D eigenvalue weighted by atomic mass is 9.44. The van der Waals surface area contributed by atoms with Gasteiger partial charge in [0.05, 0.1) is 12.7 Å². The summed E-state index contributed by atoms with van der Waals surface area (Å²) in [5.41, 5.74) is 1.55. The van der Waals surface area contributed by atoms with E-state index in [4.69, 9.17) is 14.1 Å². The van der Waals surface area contributed by atoms with Crippen LogP contribution in [0.1, 0.15) is 70.9 Å². The second-order valence-corrected chi connectivity index (χ2v) is 12.5. The average Bonchev–Trinajstić information content (AvgIpc) is 3.50. The third-order valence-electron chi connectivity index (χ3n) is 10.9. The summed E-state index contributed by atoms with van der Waals surface area (Å²) in [5.74, 6) is 0.308. The van der Waals surface area contributed by atoms with E-state index >= 15 is 0 Å². The summed E-state index contributed by atoms with van der Waals surface area (Å²) in [6.07, 6.45) is 4.17. The quantitative estimate of drug-likeness (QED) is 0.359. The van der Waals surface area contributed by atoms with Crippen molar-refractivity contribution in [1.29, 1.82) is 0 Å². The second-order valence-electron chi connectivity index (χ2n) is 12.5. The Labute approximate surface area is 226 Å². The maximum absolute atomic E-state index is 13.5. The van der Waals surface area contributed by atoms with Crippen LogP contribution in [0.25, 0.3) is 0 Å². The van der Waals surface area contributed by atoms with Gasteiger partial charge in [-0.15, -0.1) is 6.58 Å². The number of ketones is 1. The largest absolute Gasteiger partial charge is 0.482 e. The van der Waals surface area contributed by atoms with Crippen molar-refractivity contribution < 1.29 is 34.3 Å². The highest BCUT2D eigenvalue weighted by Gasteiger charge is 2.68. The number of carbonyl (C=O) groups excluding carboxylic acids is 2. The number of ether oxygens (including phenoxy) is 2. The molecular weight excluding hydrogens is 483 g/mol. The van der Waals surface area contributed by atoms with Crippen molar-refractivity contribution in [3.8, 4) is 5.75 Å². The van der Waals surface area contributed by atoms with E-state index in [0.717, 1.165) is 35.9 Å². The van der Waals surface area contributed by atoms with E-state index in [1.54, 1.807) is 7.48 Å². The van der Waals surface area contributed by atoms with Crippen LogP contribution < -0.4 is 10.2 Å². The van der Waals surface area contributed by atoms with Crippen LogP contribution in [0.4, 0.5) is 0 Å². The smallest absolute Gasteiger partial charge is 0.344 e. The Morgan fingerprint density at radius 2 is 2.03 bits per heavy atom. The molecule has 4 aliphatic rings. The zero-order valence-corrected chi connectivity index (χ0v) is 23.3. The van der Waals surface area contributed by atoms with Crippen LogP contribution in [0.3, 0.4) is 0 Å². The molecule has 3 saturated carbocycles. The number of aliphatic hydroxyl groups is 1. The minimum Gasteiger partial charge on any atom is -0.482 e. The second kappa shape index (κ2) is 10.1. The molecular formula is C30H42BO7. The molecule has 38 heavy (non-hydrogen) atoms. The first kappa shape index (κ1) is 28.8. The lowest BCUT2D eigenvalue weighted by Gasteiger charge is -2.61. The zero-order chi connectivity index (χ0) is 26.8. The van der Waals surface area contributed by atoms with E-state index in [2.05, 4.69) is 27.4 Å². The Kier molecular flexibility index (Phi) is 7.67. The van der Waals surface area contributed by atoms with E-state index in [0.29, 0.717) is 25.2 Å². The average molecular weight is 525 g/mol. The van der Waals surface area contributed by atoms with Gasteiger partial charge >= 0.3 is 13.5 Å². The van der Waals surface area contributed by atoms with Gasteiger partial charge in [-0.1, -0.05) is 39.8 Å². The van der Waals surface area contributed by atoms with Gasteiger partial charge in [0.2, 0.25) is 0 Å². The molecule has 2 bridgehead atoms. The number of carbonyl (C=O) groups is 2. The number of benzene rings is 1. The van der Waals surface area contributed by atoms with Gasteiger partial charge in [0.15, 0.2) is 6.61 Å². The predicted molar refractivity (Wildman–Crippen MR) is 145 cm³/mol. The van der Waals surface area contributed by atoms with E-state index in [1.807, 2.05) is 32.1 Å². The number of rotatable bonds is 5. The highest BCUT2D eigenvalue weighted by atomic mass is 16.6. The fraction of sp³-hybridized carbons (Fsp3) is 0.667. The van der Waals surface area contributed by atoms with Crippen molar-refractivity contribution >= 4 is 24.7 Å². The molecule has 207 valence electrons. The summed E-state index contributed by atoms with van der Waals surface area (Å²) in [4.78, 5) is 26.8. The topological polar surface area (TPSA) is 114 Å². The monoisotopic (exact) mass is 525 g/mol. The van der Waals surface area contributed by atoms with Crippen molar-refractivity contribution in [1.82, 2.24) is 0 Å². The van der Waals surface area contributed by atoms with Crippen LogP contribution in [0, 0.1) is 40.9 Å². The molecule has 1 aromatic carbocycles. The summed E-state index contributed by atoms with van der Waals surface area (Å²) in [7, 11) is 1.73. The molecule has 3 N–H and O–H groups in total.